The lowest BCUT2D eigenvalue weighted by Crippen LogP contribution is -2.54. The summed E-state index contributed by atoms with van der Waals surface area (Å²) >= 11 is 17.4. The van der Waals surface area contributed by atoms with Gasteiger partial charge in [-0.15, -0.1) is 0 Å². The van der Waals surface area contributed by atoms with Gasteiger partial charge in [-0.1, -0.05) is 29.3 Å². The van der Waals surface area contributed by atoms with Crippen molar-refractivity contribution in [2.45, 2.75) is 0 Å². The molecule has 1 aliphatic heterocycles. The summed E-state index contributed by atoms with van der Waals surface area (Å²) in [6.07, 6.45) is 1.29. The van der Waals surface area contributed by atoms with E-state index in [9.17, 15) is 29.8 Å². The Morgan fingerprint density at radius 1 is 0.949 bits per heavy atom. The molecule has 0 spiro atoms. The highest BCUT2D eigenvalue weighted by atomic mass is 35.5. The van der Waals surface area contributed by atoms with Crippen molar-refractivity contribution in [3.05, 3.63) is 96.0 Å². The molecule has 1 heterocycles. The summed E-state index contributed by atoms with van der Waals surface area (Å²) in [6.45, 7) is 0. The minimum absolute atomic E-state index is 0.0341. The van der Waals surface area contributed by atoms with Gasteiger partial charge in [-0.05, 0) is 60.3 Å². The van der Waals surface area contributed by atoms with Crippen LogP contribution in [0.15, 0.2) is 60.2 Å². The SMILES string of the molecule is COc1cc(/C=C2\C(=O)NC(=S)N(c3ccc(Cl)cc3Cl)C2=O)ccc1Oc1ccc([N+](=O)[O-])cc1[N+](=O)[O-]. The minimum atomic E-state index is -0.815. The van der Waals surface area contributed by atoms with E-state index < -0.39 is 33.0 Å². The number of hydrogen-bond acceptors (Lipinski definition) is 9. The number of benzene rings is 3. The monoisotopic (exact) mass is 588 g/mol. The number of nitro benzene ring substituents is 2. The van der Waals surface area contributed by atoms with Gasteiger partial charge in [0.1, 0.15) is 5.57 Å². The second-order valence-electron chi connectivity index (χ2n) is 7.73. The Hall–Kier alpha value is -4.59. The quantitative estimate of drug-likeness (QED) is 0.125. The third-order valence-corrected chi connectivity index (χ3v) is 6.14. The summed E-state index contributed by atoms with van der Waals surface area (Å²) < 4.78 is 10.9. The summed E-state index contributed by atoms with van der Waals surface area (Å²) in [5, 5.41) is 25.2. The molecule has 0 atom stereocenters. The molecule has 3 aromatic carbocycles. The first kappa shape index (κ1) is 27.4. The number of carbonyl (C=O) groups excluding carboxylic acids is 2. The molecule has 1 saturated heterocycles. The highest BCUT2D eigenvalue weighted by molar-refractivity contribution is 7.80. The molecular formula is C24H14Cl2N4O8S. The van der Waals surface area contributed by atoms with E-state index in [1.54, 1.807) is 0 Å². The van der Waals surface area contributed by atoms with Crippen LogP contribution in [0.3, 0.4) is 0 Å². The Kier molecular flexibility index (Phi) is 7.76. The second kappa shape index (κ2) is 11.0. The fraction of sp³-hybridized carbons (Fsp3) is 0.0417. The molecule has 0 aromatic heterocycles. The van der Waals surface area contributed by atoms with Gasteiger partial charge in [-0.3, -0.25) is 40.0 Å². The zero-order valence-corrected chi connectivity index (χ0v) is 21.9. The number of ether oxygens (including phenoxy) is 2. The van der Waals surface area contributed by atoms with Gasteiger partial charge in [0.25, 0.3) is 17.5 Å². The van der Waals surface area contributed by atoms with Crippen molar-refractivity contribution in [3.63, 3.8) is 0 Å². The molecule has 4 rings (SSSR count). The lowest BCUT2D eigenvalue weighted by molar-refractivity contribution is -0.394. The molecule has 0 unspecified atom stereocenters. The number of carbonyl (C=O) groups is 2. The van der Waals surface area contributed by atoms with Crippen LogP contribution in [0.25, 0.3) is 6.08 Å². The molecule has 12 nitrogen and oxygen atoms in total. The van der Waals surface area contributed by atoms with Crippen LogP contribution < -0.4 is 19.7 Å². The van der Waals surface area contributed by atoms with Crippen molar-refractivity contribution in [1.29, 1.82) is 0 Å². The minimum Gasteiger partial charge on any atom is -0.493 e. The van der Waals surface area contributed by atoms with Crippen LogP contribution in [0.5, 0.6) is 17.2 Å². The number of amides is 2. The maximum absolute atomic E-state index is 13.3. The molecule has 0 aliphatic carbocycles. The van der Waals surface area contributed by atoms with Crippen molar-refractivity contribution in [1.82, 2.24) is 5.32 Å². The molecule has 39 heavy (non-hydrogen) atoms. The van der Waals surface area contributed by atoms with Crippen molar-refractivity contribution in [2.24, 2.45) is 0 Å². The summed E-state index contributed by atoms with van der Waals surface area (Å²) in [6, 6.07) is 11.6. The van der Waals surface area contributed by atoms with Crippen molar-refractivity contribution in [2.75, 3.05) is 12.0 Å². The molecule has 1 aliphatic rings. The Labute approximate surface area is 234 Å². The van der Waals surface area contributed by atoms with E-state index in [1.165, 1.54) is 49.6 Å². The van der Waals surface area contributed by atoms with E-state index >= 15 is 0 Å². The Morgan fingerprint density at radius 3 is 2.31 bits per heavy atom. The van der Waals surface area contributed by atoms with Crippen LogP contribution in [-0.2, 0) is 9.59 Å². The molecule has 3 aromatic rings. The zero-order chi connectivity index (χ0) is 28.4. The first-order valence-corrected chi connectivity index (χ1v) is 11.8. The molecule has 1 fully saturated rings. The summed E-state index contributed by atoms with van der Waals surface area (Å²) in [5.74, 6) is -1.62. The molecule has 2 amide bonds. The average Bonchev–Trinajstić information content (AvgIpc) is 2.88. The number of non-ortho nitro benzene ring substituents is 1. The first-order valence-electron chi connectivity index (χ1n) is 10.7. The number of hydrogen-bond donors (Lipinski definition) is 1. The smallest absolute Gasteiger partial charge is 0.318 e. The van der Waals surface area contributed by atoms with Gasteiger partial charge in [0, 0.05) is 11.1 Å². The number of nitrogens with one attached hydrogen (secondary N) is 1. The number of methoxy groups -OCH3 is 1. The van der Waals surface area contributed by atoms with Crippen LogP contribution >= 0.6 is 35.4 Å². The van der Waals surface area contributed by atoms with Crippen molar-refractivity contribution < 1.29 is 28.9 Å². The van der Waals surface area contributed by atoms with E-state index in [0.717, 1.165) is 23.1 Å². The number of halogens is 2. The maximum Gasteiger partial charge on any atom is 0.318 e. The van der Waals surface area contributed by atoms with Gasteiger partial charge < -0.3 is 9.47 Å². The van der Waals surface area contributed by atoms with E-state index in [-0.39, 0.29) is 38.6 Å². The van der Waals surface area contributed by atoms with Gasteiger partial charge >= 0.3 is 5.69 Å². The Morgan fingerprint density at radius 2 is 1.67 bits per heavy atom. The highest BCUT2D eigenvalue weighted by Gasteiger charge is 2.35. The normalized spacial score (nSPS) is 14.3. The summed E-state index contributed by atoms with van der Waals surface area (Å²) in [7, 11) is 1.31. The van der Waals surface area contributed by atoms with E-state index in [2.05, 4.69) is 5.32 Å². The van der Waals surface area contributed by atoms with E-state index in [4.69, 9.17) is 44.9 Å². The lowest BCUT2D eigenvalue weighted by atomic mass is 10.1. The molecule has 1 N–H and O–H groups in total. The van der Waals surface area contributed by atoms with Gasteiger partial charge in [0.2, 0.25) is 5.75 Å². The largest absolute Gasteiger partial charge is 0.493 e. The zero-order valence-electron chi connectivity index (χ0n) is 19.5. The predicted octanol–water partition coefficient (Wildman–Crippen LogP) is 5.44. The summed E-state index contributed by atoms with van der Waals surface area (Å²) in [5.41, 5.74) is -0.819. The first-order chi connectivity index (χ1) is 18.5. The van der Waals surface area contributed by atoms with E-state index in [0.29, 0.717) is 10.6 Å². The standard InChI is InChI=1S/C24H14Cl2N4O8S/c1-37-21-9-12(2-6-20(21)38-19-7-4-14(29(33)34)11-18(19)30(35)36)8-15-22(31)27-24(39)28(23(15)32)17-5-3-13(25)10-16(17)26/h2-11H,1H3,(H,27,31,39)/b15-8+. The number of rotatable bonds is 7. The Balaban J connectivity index is 1.68. The fourth-order valence-corrected chi connectivity index (χ4v) is 4.30. The second-order valence-corrected chi connectivity index (χ2v) is 8.96. The van der Waals surface area contributed by atoms with Crippen LogP contribution in [0.2, 0.25) is 10.0 Å². The fourth-order valence-electron chi connectivity index (χ4n) is 3.53. The van der Waals surface area contributed by atoms with Gasteiger partial charge in [-0.25, -0.2) is 0 Å². The molecule has 0 bridgehead atoms. The topological polar surface area (TPSA) is 154 Å². The number of anilines is 1. The third-order valence-electron chi connectivity index (χ3n) is 5.32. The molecule has 0 radical (unpaired) electrons. The highest BCUT2D eigenvalue weighted by Crippen LogP contribution is 2.39. The van der Waals surface area contributed by atoms with Crippen molar-refractivity contribution in [3.8, 4) is 17.2 Å². The van der Waals surface area contributed by atoms with Crippen LogP contribution in [-0.4, -0.2) is 33.9 Å². The lowest BCUT2D eigenvalue weighted by Gasteiger charge is -2.29. The van der Waals surface area contributed by atoms with Crippen molar-refractivity contribution >= 4 is 75.5 Å². The molecule has 15 heteroatoms. The van der Waals surface area contributed by atoms with Gasteiger partial charge in [-0.2, -0.15) is 0 Å². The predicted molar refractivity (Wildman–Crippen MR) is 145 cm³/mol. The maximum atomic E-state index is 13.3. The number of thiocarbonyl (C=S) groups is 1. The van der Waals surface area contributed by atoms with Crippen LogP contribution in [0.1, 0.15) is 5.56 Å². The molecule has 198 valence electrons. The van der Waals surface area contributed by atoms with E-state index in [1.807, 2.05) is 0 Å². The molecular weight excluding hydrogens is 575 g/mol. The molecule has 0 saturated carbocycles. The Bertz CT molecular complexity index is 1610. The summed E-state index contributed by atoms with van der Waals surface area (Å²) in [4.78, 5) is 47.8. The van der Waals surface area contributed by atoms with Crippen LogP contribution in [0, 0.1) is 20.2 Å². The number of nitro groups is 2. The number of nitrogens with zero attached hydrogens (tertiary/aromatic N) is 3. The van der Waals surface area contributed by atoms with Crippen LogP contribution in [0.4, 0.5) is 17.1 Å². The average molecular weight is 589 g/mol. The van der Waals surface area contributed by atoms with Gasteiger partial charge in [0.15, 0.2) is 16.6 Å². The van der Waals surface area contributed by atoms with Gasteiger partial charge in [0.05, 0.1) is 33.7 Å². The third kappa shape index (κ3) is 5.65.